The van der Waals surface area contributed by atoms with Gasteiger partial charge in [0.1, 0.15) is 34.2 Å². The van der Waals surface area contributed by atoms with Gasteiger partial charge in [0.15, 0.2) is 0 Å². The molecule has 18 heteroatoms. The Morgan fingerprint density at radius 1 is 0.691 bits per heavy atom. The fraction of sp³-hybridized carbons (Fsp3) is 0.514. The molecule has 2 aliphatic rings. The molecule has 4 aromatic rings. The van der Waals surface area contributed by atoms with Crippen LogP contribution in [0.15, 0.2) is 49.1 Å². The minimum Gasteiger partial charge on any atom is -0.369 e. The molecule has 6 rings (SSSR count). The average molecular weight is 857 g/mol. The third-order valence-corrected chi connectivity index (χ3v) is 11.7. The Bertz CT molecular complexity index is 2200. The molecule has 2 aromatic carbocycles. The van der Waals surface area contributed by atoms with Crippen molar-refractivity contribution in [3.8, 4) is 12.1 Å². The number of primary sulfonamides is 2. The van der Waals surface area contributed by atoms with Gasteiger partial charge in [-0.3, -0.25) is 19.9 Å². The summed E-state index contributed by atoms with van der Waals surface area (Å²) in [4.78, 5) is 22.1. The summed E-state index contributed by atoms with van der Waals surface area (Å²) in [5.41, 5.74) is 12.1. The van der Waals surface area contributed by atoms with E-state index in [1.165, 1.54) is 0 Å². The fourth-order valence-corrected chi connectivity index (χ4v) is 9.06. The Morgan fingerprint density at radius 2 is 1.15 bits per heavy atom. The third-order valence-electron chi connectivity index (χ3n) is 9.42. The number of anilines is 2. The molecule has 4 heterocycles. The van der Waals surface area contributed by atoms with Gasteiger partial charge in [-0.2, -0.15) is 10.5 Å². The first-order valence-corrected chi connectivity index (χ1v) is 22.8. The number of nitriles is 2. The fourth-order valence-electron chi connectivity index (χ4n) is 7.25. The van der Waals surface area contributed by atoms with Crippen LogP contribution < -0.4 is 25.8 Å². The minimum absolute atomic E-state index is 0.0504. The van der Waals surface area contributed by atoms with E-state index in [0.29, 0.717) is 58.1 Å². The third kappa shape index (κ3) is 13.3. The number of aromatic nitrogens is 4. The summed E-state index contributed by atoms with van der Waals surface area (Å²) in [6.07, 6.45) is 11.8. The zero-order valence-corrected chi connectivity index (χ0v) is 34.5. The van der Waals surface area contributed by atoms with E-state index in [-0.39, 0.29) is 17.5 Å². The molecule has 0 aliphatic carbocycles. The number of sulfonamides is 2. The summed E-state index contributed by atoms with van der Waals surface area (Å²) < 4.78 is 42.5. The molecule has 0 saturated carbocycles. The van der Waals surface area contributed by atoms with Crippen LogP contribution in [0.5, 0.6) is 0 Å². The van der Waals surface area contributed by atoms with Crippen LogP contribution in [0.3, 0.4) is 0 Å². The van der Waals surface area contributed by atoms with Crippen molar-refractivity contribution in [2.75, 3.05) is 52.8 Å². The monoisotopic (exact) mass is 855 g/mol. The first kappa shape index (κ1) is 43.7. The number of piperidine rings is 2. The number of fused-ring (bicyclic) bond motifs is 2. The zero-order chi connectivity index (χ0) is 40.2. The number of unbranched alkanes of at least 4 members (excludes halogenated alkanes) is 1. The molecule has 2 aromatic heterocycles. The number of rotatable bonds is 10. The van der Waals surface area contributed by atoms with Crippen molar-refractivity contribution in [2.45, 2.75) is 58.4 Å². The number of halogens is 1. The van der Waals surface area contributed by atoms with Crippen LogP contribution in [0.1, 0.15) is 63.5 Å². The van der Waals surface area contributed by atoms with Crippen LogP contribution >= 0.6 is 15.9 Å². The number of benzene rings is 2. The van der Waals surface area contributed by atoms with Crippen molar-refractivity contribution >= 4 is 69.4 Å². The van der Waals surface area contributed by atoms with Gasteiger partial charge in [0.25, 0.3) is 0 Å². The van der Waals surface area contributed by atoms with Gasteiger partial charge in [-0.1, -0.05) is 36.2 Å². The van der Waals surface area contributed by atoms with E-state index in [0.717, 1.165) is 74.3 Å². The molecule has 0 bridgehead atoms. The average Bonchev–Trinajstić information content (AvgIpc) is 3.14. The van der Waals surface area contributed by atoms with Crippen LogP contribution in [0.25, 0.3) is 22.1 Å². The maximum atomic E-state index is 11.1. The quantitative estimate of drug-likeness (QED) is 0.150. The number of hydrogen-bond acceptors (Lipinski definition) is 13. The van der Waals surface area contributed by atoms with Crippen molar-refractivity contribution in [3.05, 3.63) is 60.2 Å². The highest BCUT2D eigenvalue weighted by Crippen LogP contribution is 2.33. The van der Waals surface area contributed by atoms with E-state index >= 15 is 0 Å². The van der Waals surface area contributed by atoms with Crippen molar-refractivity contribution < 1.29 is 16.8 Å². The van der Waals surface area contributed by atoms with Crippen LogP contribution in [-0.2, 0) is 20.0 Å². The van der Waals surface area contributed by atoms with Gasteiger partial charge in [0.2, 0.25) is 20.0 Å². The normalized spacial score (nSPS) is 20.1. The summed E-state index contributed by atoms with van der Waals surface area (Å²) in [6, 6.07) is 12.1. The summed E-state index contributed by atoms with van der Waals surface area (Å²) in [5, 5.41) is 28.9. The van der Waals surface area contributed by atoms with E-state index in [1.54, 1.807) is 24.8 Å². The maximum absolute atomic E-state index is 11.1. The topological polar surface area (TPSA) is 252 Å². The van der Waals surface area contributed by atoms with Gasteiger partial charge in [-0.15, -0.1) is 0 Å². The zero-order valence-electron chi connectivity index (χ0n) is 31.3. The SMILES string of the molecule is C[C@H]1C[C@@H](CCCCS(N)(=O)=O)CN(c2ccc(C#N)c3nccnc23)C1.C[C@H]1C[C@@H](N)CN(c2ccc(C#N)c3nccnc23)C1.NS(=O)(=O)CCCBr. The Kier molecular flexibility index (Phi) is 16.1. The van der Waals surface area contributed by atoms with Crippen molar-refractivity contribution in [2.24, 2.45) is 33.8 Å². The highest BCUT2D eigenvalue weighted by molar-refractivity contribution is 9.09. The summed E-state index contributed by atoms with van der Waals surface area (Å²) in [7, 11) is -6.59. The lowest BCUT2D eigenvalue weighted by Crippen LogP contribution is -2.46. The smallest absolute Gasteiger partial charge is 0.209 e. The highest BCUT2D eigenvalue weighted by Gasteiger charge is 2.27. The molecule has 15 nitrogen and oxygen atoms in total. The van der Waals surface area contributed by atoms with Crippen LogP contribution in [0.4, 0.5) is 11.4 Å². The van der Waals surface area contributed by atoms with E-state index in [1.807, 2.05) is 24.3 Å². The Hall–Kier alpha value is -4.04. The molecule has 55 heavy (non-hydrogen) atoms. The highest BCUT2D eigenvalue weighted by atomic mass is 79.9. The second-order valence-corrected chi connectivity index (χ2v) is 18.6. The summed E-state index contributed by atoms with van der Waals surface area (Å²) >= 11 is 3.08. The van der Waals surface area contributed by atoms with Gasteiger partial charge in [-0.05, 0) is 74.1 Å². The van der Waals surface area contributed by atoms with E-state index in [4.69, 9.17) is 16.1 Å². The molecule has 0 radical (unpaired) electrons. The summed E-state index contributed by atoms with van der Waals surface area (Å²) in [5.74, 6) is 1.70. The van der Waals surface area contributed by atoms with Gasteiger partial charge in [0.05, 0.1) is 34.0 Å². The number of nitrogens with two attached hydrogens (primary N) is 3. The van der Waals surface area contributed by atoms with Gasteiger partial charge in [0, 0.05) is 62.3 Å². The van der Waals surface area contributed by atoms with E-state index in [9.17, 15) is 22.1 Å². The number of alkyl halides is 1. The van der Waals surface area contributed by atoms with Crippen molar-refractivity contribution in [1.29, 1.82) is 10.5 Å². The van der Waals surface area contributed by atoms with Crippen LogP contribution in [0, 0.1) is 40.4 Å². The summed E-state index contributed by atoms with van der Waals surface area (Å²) in [6.45, 7) is 8.07. The molecule has 2 fully saturated rings. The second-order valence-electron chi connectivity index (χ2n) is 14.4. The van der Waals surface area contributed by atoms with Crippen molar-refractivity contribution in [3.63, 3.8) is 0 Å². The molecule has 0 amide bonds. The van der Waals surface area contributed by atoms with Gasteiger partial charge in [-0.25, -0.2) is 27.1 Å². The Morgan fingerprint density at radius 3 is 1.58 bits per heavy atom. The molecule has 0 unspecified atom stereocenters. The molecule has 6 N–H and O–H groups in total. The predicted octanol–water partition coefficient (Wildman–Crippen LogP) is 4.16. The standard InChI is InChI=1S/C19H25N5O2S.C15H17N5.C3H8BrNO2S/c1-14-10-15(4-2-3-9-27(21,25)26)13-24(12-14)17-6-5-16(11-20)18-19(17)23-8-7-22-18;1-10-6-12(17)9-20(8-10)13-3-2-11(7-16)14-15(13)19-5-4-18-14;4-2-1-3-8(5,6)7/h5-8,14-15H,2-4,9-10,12-13H2,1H3,(H2,21,25,26);2-5,10,12H,6,8-9,17H2,1H3;1-3H2,(H2,5,6,7)/t14-,15+;10-,12+;/m00./s1. The maximum Gasteiger partial charge on any atom is 0.209 e. The first-order valence-electron chi connectivity index (χ1n) is 18.2. The molecule has 4 atom stereocenters. The lowest BCUT2D eigenvalue weighted by Gasteiger charge is -2.38. The van der Waals surface area contributed by atoms with Gasteiger partial charge < -0.3 is 15.5 Å². The molecule has 0 spiro atoms. The first-order chi connectivity index (χ1) is 26.1. The molecule has 2 saturated heterocycles. The van der Waals surface area contributed by atoms with Crippen LogP contribution in [-0.4, -0.2) is 85.8 Å². The van der Waals surface area contributed by atoms with Crippen LogP contribution in [0.2, 0.25) is 0 Å². The Labute approximate surface area is 332 Å². The minimum atomic E-state index is -3.37. The molecular formula is C37H50BrN11O4S2. The van der Waals surface area contributed by atoms with Gasteiger partial charge >= 0.3 is 0 Å². The van der Waals surface area contributed by atoms with E-state index in [2.05, 4.69) is 76.8 Å². The molecular weight excluding hydrogens is 807 g/mol. The predicted molar refractivity (Wildman–Crippen MR) is 220 cm³/mol. The second kappa shape index (κ2) is 20.2. The van der Waals surface area contributed by atoms with E-state index < -0.39 is 20.0 Å². The lowest BCUT2D eigenvalue weighted by molar-refractivity contribution is 0.315. The largest absolute Gasteiger partial charge is 0.369 e. The Balaban J connectivity index is 0.000000210. The number of nitrogens with zero attached hydrogens (tertiary/aromatic N) is 8. The molecule has 296 valence electrons. The molecule has 2 aliphatic heterocycles. The lowest BCUT2D eigenvalue weighted by atomic mass is 9.86. The number of hydrogen-bond donors (Lipinski definition) is 3. The van der Waals surface area contributed by atoms with Crippen molar-refractivity contribution in [1.82, 2.24) is 19.9 Å².